The molecule has 3 amide bonds. The Labute approximate surface area is 169 Å². The molecule has 1 aromatic rings. The summed E-state index contributed by atoms with van der Waals surface area (Å²) in [5.41, 5.74) is 0.348. The van der Waals surface area contributed by atoms with Gasteiger partial charge in [-0.3, -0.25) is 19.3 Å². The number of carbonyl (C=O) groups is 3. The number of ether oxygens (including phenoxy) is 3. The number of likely N-dealkylation sites (tertiary alicyclic amines) is 2. The highest BCUT2D eigenvalue weighted by Gasteiger charge is 2.52. The minimum atomic E-state index is -0.268. The van der Waals surface area contributed by atoms with E-state index in [0.29, 0.717) is 48.7 Å². The molecule has 2 atom stereocenters. The Morgan fingerprint density at radius 1 is 0.897 bits per heavy atom. The fourth-order valence-electron chi connectivity index (χ4n) is 4.41. The Morgan fingerprint density at radius 2 is 1.48 bits per heavy atom. The zero-order valence-corrected chi connectivity index (χ0v) is 16.7. The van der Waals surface area contributed by atoms with Gasteiger partial charge in [-0.25, -0.2) is 0 Å². The number of benzene rings is 1. The molecule has 29 heavy (non-hydrogen) atoms. The number of fused-ring (bicyclic) bond motifs is 1. The third kappa shape index (κ3) is 2.94. The summed E-state index contributed by atoms with van der Waals surface area (Å²) in [5, 5.41) is 0. The molecule has 8 heteroatoms. The first-order valence-electron chi connectivity index (χ1n) is 9.62. The molecule has 0 spiro atoms. The molecule has 0 saturated carbocycles. The average Bonchev–Trinajstić information content (AvgIpc) is 2.96. The average molecular weight is 400 g/mol. The lowest BCUT2D eigenvalue weighted by molar-refractivity contribution is -0.145. The van der Waals surface area contributed by atoms with Crippen molar-refractivity contribution < 1.29 is 28.6 Å². The Hall–Kier alpha value is -3.03. The van der Waals surface area contributed by atoms with Gasteiger partial charge in [-0.15, -0.1) is 0 Å². The van der Waals surface area contributed by atoms with Gasteiger partial charge >= 0.3 is 0 Å². The van der Waals surface area contributed by atoms with E-state index >= 15 is 0 Å². The summed E-state index contributed by atoms with van der Waals surface area (Å²) < 4.78 is 16.0. The van der Waals surface area contributed by atoms with Gasteiger partial charge in [0.25, 0.3) is 5.91 Å². The molecule has 0 aromatic heterocycles. The first-order chi connectivity index (χ1) is 14.0. The van der Waals surface area contributed by atoms with E-state index in [1.54, 1.807) is 17.0 Å². The Bertz CT molecular complexity index is 863. The van der Waals surface area contributed by atoms with Crippen molar-refractivity contribution in [1.82, 2.24) is 9.80 Å². The number of amides is 3. The summed E-state index contributed by atoms with van der Waals surface area (Å²) in [5.74, 6) is 0.163. The number of nitrogens with zero attached hydrogens (tertiary/aromatic N) is 2. The SMILES string of the molecule is COc1ccc(C(=O)N2CC(N3C(=O)C4CC=CCC4C3=O)C2)c(OC)c1OC. The van der Waals surface area contributed by atoms with E-state index < -0.39 is 0 Å². The summed E-state index contributed by atoms with van der Waals surface area (Å²) in [7, 11) is 4.45. The molecule has 1 aromatic carbocycles. The van der Waals surface area contributed by atoms with Crippen molar-refractivity contribution in [2.24, 2.45) is 11.8 Å². The highest BCUT2D eigenvalue weighted by molar-refractivity contribution is 6.06. The van der Waals surface area contributed by atoms with E-state index in [9.17, 15) is 14.4 Å². The number of hydrogen-bond donors (Lipinski definition) is 0. The van der Waals surface area contributed by atoms with E-state index in [1.165, 1.54) is 26.2 Å². The lowest BCUT2D eigenvalue weighted by atomic mass is 9.85. The van der Waals surface area contributed by atoms with Gasteiger partial charge in [0.15, 0.2) is 11.5 Å². The zero-order chi connectivity index (χ0) is 20.7. The second-order valence-corrected chi connectivity index (χ2v) is 7.45. The maximum atomic E-state index is 13.0. The molecule has 0 radical (unpaired) electrons. The molecule has 2 unspecified atom stereocenters. The van der Waals surface area contributed by atoms with Gasteiger partial charge in [-0.05, 0) is 25.0 Å². The van der Waals surface area contributed by atoms with Gasteiger partial charge in [0, 0.05) is 13.1 Å². The van der Waals surface area contributed by atoms with Crippen molar-refractivity contribution in [2.75, 3.05) is 34.4 Å². The fraction of sp³-hybridized carbons (Fsp3) is 0.476. The molecular weight excluding hydrogens is 376 g/mol. The summed E-state index contributed by atoms with van der Waals surface area (Å²) in [6, 6.07) is 3.01. The fourth-order valence-corrected chi connectivity index (χ4v) is 4.41. The van der Waals surface area contributed by atoms with Crippen LogP contribution in [0, 0.1) is 11.8 Å². The maximum Gasteiger partial charge on any atom is 0.257 e. The lowest BCUT2D eigenvalue weighted by Crippen LogP contribution is -2.62. The Morgan fingerprint density at radius 3 is 2.00 bits per heavy atom. The number of hydrogen-bond acceptors (Lipinski definition) is 6. The molecule has 0 bridgehead atoms. The van der Waals surface area contributed by atoms with Crippen molar-refractivity contribution in [3.63, 3.8) is 0 Å². The number of carbonyl (C=O) groups excluding carboxylic acids is 3. The molecule has 4 rings (SSSR count). The summed E-state index contributed by atoms with van der Waals surface area (Å²) in [6.45, 7) is 0.640. The molecule has 2 saturated heterocycles. The van der Waals surface area contributed by atoms with Gasteiger partial charge in [-0.1, -0.05) is 12.2 Å². The normalized spacial score (nSPS) is 23.7. The van der Waals surface area contributed by atoms with Crippen molar-refractivity contribution in [2.45, 2.75) is 18.9 Å². The Balaban J connectivity index is 1.49. The van der Waals surface area contributed by atoms with Gasteiger partial charge in [-0.2, -0.15) is 0 Å². The molecule has 3 aliphatic rings. The minimum absolute atomic E-state index is 0.106. The van der Waals surface area contributed by atoms with Crippen molar-refractivity contribution in [3.8, 4) is 17.2 Å². The monoisotopic (exact) mass is 400 g/mol. The molecule has 2 aliphatic heterocycles. The van der Waals surface area contributed by atoms with Gasteiger partial charge < -0.3 is 19.1 Å². The molecule has 154 valence electrons. The number of methoxy groups -OCH3 is 3. The van der Waals surface area contributed by atoms with Crippen molar-refractivity contribution in [1.29, 1.82) is 0 Å². The molecule has 2 fully saturated rings. The summed E-state index contributed by atoms with van der Waals surface area (Å²) in [4.78, 5) is 41.4. The predicted octanol–water partition coefficient (Wildman–Crippen LogP) is 1.49. The van der Waals surface area contributed by atoms with Crippen LogP contribution in [0.3, 0.4) is 0 Å². The van der Waals surface area contributed by atoms with Crippen LogP contribution in [0.1, 0.15) is 23.2 Å². The number of allylic oxidation sites excluding steroid dienone is 2. The lowest BCUT2D eigenvalue weighted by Gasteiger charge is -2.43. The first-order valence-corrected chi connectivity index (χ1v) is 9.62. The summed E-state index contributed by atoms with van der Waals surface area (Å²) >= 11 is 0. The second-order valence-electron chi connectivity index (χ2n) is 7.45. The highest BCUT2D eigenvalue weighted by atomic mass is 16.5. The van der Waals surface area contributed by atoms with Crippen LogP contribution in [-0.4, -0.2) is 68.0 Å². The van der Waals surface area contributed by atoms with Crippen LogP contribution in [0.5, 0.6) is 17.2 Å². The largest absolute Gasteiger partial charge is 0.493 e. The molecule has 2 heterocycles. The zero-order valence-electron chi connectivity index (χ0n) is 16.7. The van der Waals surface area contributed by atoms with E-state index in [0.717, 1.165) is 0 Å². The van der Waals surface area contributed by atoms with Crippen LogP contribution < -0.4 is 14.2 Å². The first kappa shape index (κ1) is 19.3. The van der Waals surface area contributed by atoms with Crippen molar-refractivity contribution in [3.05, 3.63) is 29.8 Å². The third-order valence-electron chi connectivity index (χ3n) is 5.99. The number of rotatable bonds is 5. The molecule has 8 nitrogen and oxygen atoms in total. The van der Waals surface area contributed by atoms with Crippen LogP contribution >= 0.6 is 0 Å². The minimum Gasteiger partial charge on any atom is -0.493 e. The van der Waals surface area contributed by atoms with Crippen LogP contribution in [0.15, 0.2) is 24.3 Å². The van der Waals surface area contributed by atoms with E-state index in [1.807, 2.05) is 12.2 Å². The molecular formula is C21H24N2O6. The van der Waals surface area contributed by atoms with Crippen molar-refractivity contribution >= 4 is 17.7 Å². The van der Waals surface area contributed by atoms with Gasteiger partial charge in [0.05, 0.1) is 44.8 Å². The van der Waals surface area contributed by atoms with Crippen LogP contribution in [-0.2, 0) is 9.59 Å². The predicted molar refractivity (Wildman–Crippen MR) is 103 cm³/mol. The quantitative estimate of drug-likeness (QED) is 0.550. The third-order valence-corrected chi connectivity index (χ3v) is 5.99. The van der Waals surface area contributed by atoms with E-state index in [-0.39, 0.29) is 35.6 Å². The second kappa shape index (κ2) is 7.42. The van der Waals surface area contributed by atoms with Crippen LogP contribution in [0.2, 0.25) is 0 Å². The van der Waals surface area contributed by atoms with Crippen LogP contribution in [0.4, 0.5) is 0 Å². The van der Waals surface area contributed by atoms with Gasteiger partial charge in [0.2, 0.25) is 17.6 Å². The van der Waals surface area contributed by atoms with E-state index in [4.69, 9.17) is 14.2 Å². The number of imide groups is 1. The molecule has 1 aliphatic carbocycles. The maximum absolute atomic E-state index is 13.0. The van der Waals surface area contributed by atoms with Gasteiger partial charge in [0.1, 0.15) is 0 Å². The topological polar surface area (TPSA) is 85.4 Å². The smallest absolute Gasteiger partial charge is 0.257 e. The standard InChI is InChI=1S/C21H24N2O6/c1-27-16-9-8-15(17(28-2)18(16)29-3)19(24)22-10-12(11-22)23-20(25)13-6-4-5-7-14(13)21(23)26/h4-5,8-9,12-14H,6-7,10-11H2,1-3H3. The summed E-state index contributed by atoms with van der Waals surface area (Å²) in [6.07, 6.45) is 5.17. The Kier molecular flexibility index (Phi) is 4.94. The molecule has 0 N–H and O–H groups in total. The van der Waals surface area contributed by atoms with E-state index in [2.05, 4.69) is 0 Å². The highest BCUT2D eigenvalue weighted by Crippen LogP contribution is 2.41. The van der Waals surface area contributed by atoms with Crippen LogP contribution in [0.25, 0.3) is 0 Å².